The fourth-order valence-corrected chi connectivity index (χ4v) is 2.93. The van der Waals surface area contributed by atoms with Gasteiger partial charge in [0, 0.05) is 34.5 Å². The molecule has 5 heteroatoms. The number of morpholine rings is 1. The van der Waals surface area contributed by atoms with Gasteiger partial charge in [-0.15, -0.1) is 11.6 Å². The van der Waals surface area contributed by atoms with Crippen molar-refractivity contribution < 1.29 is 4.74 Å². The zero-order valence-corrected chi connectivity index (χ0v) is 12.4. The molecule has 1 heterocycles. The summed E-state index contributed by atoms with van der Waals surface area (Å²) < 4.78 is 6.43. The Bertz CT molecular complexity index is 389. The van der Waals surface area contributed by atoms with E-state index >= 15 is 0 Å². The number of halogens is 3. The van der Waals surface area contributed by atoms with Crippen molar-refractivity contribution >= 4 is 39.1 Å². The molecule has 1 aromatic rings. The van der Waals surface area contributed by atoms with Crippen LogP contribution < -0.4 is 0 Å². The molecule has 1 unspecified atom stereocenters. The average molecular weight is 339 g/mol. The van der Waals surface area contributed by atoms with Gasteiger partial charge in [-0.25, -0.2) is 0 Å². The summed E-state index contributed by atoms with van der Waals surface area (Å²) in [6, 6.07) is 6.27. The molecule has 1 fully saturated rings. The van der Waals surface area contributed by atoms with E-state index in [9.17, 15) is 0 Å². The monoisotopic (exact) mass is 337 g/mol. The van der Waals surface area contributed by atoms with Crippen molar-refractivity contribution in [1.29, 1.82) is 0 Å². The second-order valence-corrected chi connectivity index (χ2v) is 5.72. The molecule has 0 amide bonds. The van der Waals surface area contributed by atoms with Crippen LogP contribution in [0.1, 0.15) is 5.56 Å². The van der Waals surface area contributed by atoms with Gasteiger partial charge in [-0.2, -0.15) is 0 Å². The second-order valence-electron chi connectivity index (χ2n) is 4.09. The van der Waals surface area contributed by atoms with Crippen LogP contribution >= 0.6 is 39.1 Å². The summed E-state index contributed by atoms with van der Waals surface area (Å²) in [6.07, 6.45) is 0. The molecule has 0 radical (unpaired) electrons. The molecule has 1 atom stereocenters. The van der Waals surface area contributed by atoms with Crippen LogP contribution in [-0.4, -0.2) is 36.6 Å². The number of hydrogen-bond donors (Lipinski definition) is 0. The van der Waals surface area contributed by atoms with E-state index in [0.29, 0.717) is 12.5 Å². The van der Waals surface area contributed by atoms with E-state index in [2.05, 4.69) is 20.8 Å². The molecular weight excluding hydrogens is 325 g/mol. The van der Waals surface area contributed by atoms with Gasteiger partial charge in [-0.1, -0.05) is 33.6 Å². The summed E-state index contributed by atoms with van der Waals surface area (Å²) in [6.45, 7) is 3.20. The molecular formula is C12H14BrCl2NO. The Kier molecular flexibility index (Phi) is 5.12. The standard InChI is InChI=1S/C12H14BrCl2NO/c13-10-2-1-9(12(15)5-10)7-16-3-4-17-8-11(16)6-14/h1-2,5,11H,3-4,6-8H2. The lowest BCUT2D eigenvalue weighted by Gasteiger charge is -2.34. The van der Waals surface area contributed by atoms with Crippen molar-refractivity contribution in [1.82, 2.24) is 4.90 Å². The number of nitrogens with zero attached hydrogens (tertiary/aromatic N) is 1. The van der Waals surface area contributed by atoms with Gasteiger partial charge in [0.05, 0.1) is 13.2 Å². The molecule has 1 saturated heterocycles. The first kappa shape index (κ1) is 13.6. The van der Waals surface area contributed by atoms with Crippen LogP contribution in [0.5, 0.6) is 0 Å². The van der Waals surface area contributed by atoms with Crippen LogP contribution in [0, 0.1) is 0 Å². The summed E-state index contributed by atoms with van der Waals surface area (Å²) in [7, 11) is 0. The van der Waals surface area contributed by atoms with Crippen LogP contribution in [0.3, 0.4) is 0 Å². The number of ether oxygens (including phenoxy) is 1. The van der Waals surface area contributed by atoms with Crippen LogP contribution in [0.2, 0.25) is 5.02 Å². The Labute approximate surface area is 120 Å². The molecule has 17 heavy (non-hydrogen) atoms. The van der Waals surface area contributed by atoms with Crippen LogP contribution in [0.4, 0.5) is 0 Å². The van der Waals surface area contributed by atoms with Crippen molar-refractivity contribution in [2.75, 3.05) is 25.6 Å². The summed E-state index contributed by atoms with van der Waals surface area (Å²) in [5.41, 5.74) is 1.13. The molecule has 1 aliphatic heterocycles. The minimum Gasteiger partial charge on any atom is -0.378 e. The topological polar surface area (TPSA) is 12.5 Å². The molecule has 0 bridgehead atoms. The molecule has 1 aromatic carbocycles. The molecule has 0 aromatic heterocycles. The number of hydrogen-bond acceptors (Lipinski definition) is 2. The van der Waals surface area contributed by atoms with Gasteiger partial charge in [-0.05, 0) is 17.7 Å². The lowest BCUT2D eigenvalue weighted by atomic mass is 10.1. The van der Waals surface area contributed by atoms with Crippen molar-refractivity contribution in [3.8, 4) is 0 Å². The summed E-state index contributed by atoms with van der Waals surface area (Å²) in [5.74, 6) is 0.591. The predicted molar refractivity (Wildman–Crippen MR) is 74.9 cm³/mol. The van der Waals surface area contributed by atoms with Gasteiger partial charge in [0.15, 0.2) is 0 Å². The number of benzene rings is 1. The smallest absolute Gasteiger partial charge is 0.0634 e. The van der Waals surface area contributed by atoms with Crippen molar-refractivity contribution in [3.05, 3.63) is 33.3 Å². The maximum absolute atomic E-state index is 6.22. The number of alkyl halides is 1. The van der Waals surface area contributed by atoms with Crippen molar-refractivity contribution in [2.45, 2.75) is 12.6 Å². The van der Waals surface area contributed by atoms with E-state index in [1.807, 2.05) is 18.2 Å². The minimum atomic E-state index is 0.283. The highest BCUT2D eigenvalue weighted by Gasteiger charge is 2.22. The Morgan fingerprint density at radius 3 is 3.00 bits per heavy atom. The van der Waals surface area contributed by atoms with Crippen LogP contribution in [0.25, 0.3) is 0 Å². The molecule has 94 valence electrons. The second kappa shape index (κ2) is 6.39. The number of rotatable bonds is 3. The first-order valence-corrected chi connectivity index (χ1v) is 7.23. The summed E-state index contributed by atoms with van der Waals surface area (Å²) >= 11 is 15.6. The first-order valence-electron chi connectivity index (χ1n) is 5.52. The third kappa shape index (κ3) is 3.58. The van der Waals surface area contributed by atoms with E-state index in [-0.39, 0.29) is 6.04 Å². The van der Waals surface area contributed by atoms with E-state index in [4.69, 9.17) is 27.9 Å². The Morgan fingerprint density at radius 1 is 1.47 bits per heavy atom. The zero-order valence-electron chi connectivity index (χ0n) is 9.33. The van der Waals surface area contributed by atoms with E-state index in [1.165, 1.54) is 0 Å². The minimum absolute atomic E-state index is 0.283. The lowest BCUT2D eigenvalue weighted by molar-refractivity contribution is -0.00303. The van der Waals surface area contributed by atoms with Gasteiger partial charge in [0.25, 0.3) is 0 Å². The van der Waals surface area contributed by atoms with Crippen molar-refractivity contribution in [2.24, 2.45) is 0 Å². The predicted octanol–water partition coefficient (Wildman–Crippen LogP) is 3.54. The Balaban J connectivity index is 2.08. The molecule has 2 rings (SSSR count). The van der Waals surface area contributed by atoms with Crippen LogP contribution in [0.15, 0.2) is 22.7 Å². The van der Waals surface area contributed by atoms with Gasteiger partial charge in [-0.3, -0.25) is 4.90 Å². The first-order chi connectivity index (χ1) is 8.20. The zero-order chi connectivity index (χ0) is 12.3. The molecule has 0 aliphatic carbocycles. The highest BCUT2D eigenvalue weighted by atomic mass is 79.9. The van der Waals surface area contributed by atoms with Crippen molar-refractivity contribution in [3.63, 3.8) is 0 Å². The Morgan fingerprint density at radius 2 is 2.29 bits per heavy atom. The maximum Gasteiger partial charge on any atom is 0.0634 e. The lowest BCUT2D eigenvalue weighted by Crippen LogP contribution is -2.45. The molecule has 0 spiro atoms. The van der Waals surface area contributed by atoms with Crippen LogP contribution in [-0.2, 0) is 11.3 Å². The van der Waals surface area contributed by atoms with Gasteiger partial charge >= 0.3 is 0 Å². The van der Waals surface area contributed by atoms with E-state index < -0.39 is 0 Å². The SMILES string of the molecule is ClCC1COCCN1Cc1ccc(Br)cc1Cl. The van der Waals surface area contributed by atoms with Gasteiger partial charge in [0.2, 0.25) is 0 Å². The highest BCUT2D eigenvalue weighted by molar-refractivity contribution is 9.10. The molecule has 0 saturated carbocycles. The maximum atomic E-state index is 6.22. The highest BCUT2D eigenvalue weighted by Crippen LogP contribution is 2.24. The van der Waals surface area contributed by atoms with E-state index in [1.54, 1.807) is 0 Å². The largest absolute Gasteiger partial charge is 0.378 e. The normalized spacial score (nSPS) is 21.7. The molecule has 2 nitrogen and oxygen atoms in total. The molecule has 0 N–H and O–H groups in total. The summed E-state index contributed by atoms with van der Waals surface area (Å²) in [5, 5.41) is 0.791. The summed E-state index contributed by atoms with van der Waals surface area (Å²) in [4.78, 5) is 2.33. The Hall–Kier alpha value is 0.200. The quantitative estimate of drug-likeness (QED) is 0.781. The third-order valence-corrected chi connectivity index (χ3v) is 4.12. The molecule has 1 aliphatic rings. The fraction of sp³-hybridized carbons (Fsp3) is 0.500. The van der Waals surface area contributed by atoms with E-state index in [0.717, 1.165) is 34.8 Å². The average Bonchev–Trinajstić information content (AvgIpc) is 2.33. The third-order valence-electron chi connectivity index (χ3n) is 2.92. The fourth-order valence-electron chi connectivity index (χ4n) is 1.91. The van der Waals surface area contributed by atoms with Gasteiger partial charge in [0.1, 0.15) is 0 Å². The van der Waals surface area contributed by atoms with Gasteiger partial charge < -0.3 is 4.74 Å².